The van der Waals surface area contributed by atoms with Crippen LogP contribution in [0.25, 0.3) is 0 Å². The molecule has 4 nitrogen and oxygen atoms in total. The Morgan fingerprint density at radius 2 is 1.83 bits per heavy atom. The van der Waals surface area contributed by atoms with Gasteiger partial charge in [0.2, 0.25) is 0 Å². The van der Waals surface area contributed by atoms with E-state index in [1.54, 1.807) is 0 Å². The van der Waals surface area contributed by atoms with Crippen LogP contribution >= 0.6 is 0 Å². The summed E-state index contributed by atoms with van der Waals surface area (Å²) < 4.78 is 45.7. The number of alkyl halides is 3. The third-order valence-corrected chi connectivity index (χ3v) is 2.48. The zero-order chi connectivity index (χ0) is 13.2. The van der Waals surface area contributed by atoms with Gasteiger partial charge in [0.05, 0.1) is 0 Å². The molecule has 2 unspecified atom stereocenters. The highest BCUT2D eigenvalue weighted by molar-refractivity contribution is 5.39. The number of aliphatic hydroxyl groups excluding tert-OH is 1. The molecule has 2 atom stereocenters. The van der Waals surface area contributed by atoms with Gasteiger partial charge in [0.25, 0.3) is 0 Å². The molecule has 0 bridgehead atoms. The summed E-state index contributed by atoms with van der Waals surface area (Å²) in [6, 6.07) is 5.48. The first-order chi connectivity index (χ1) is 8.46. The Morgan fingerprint density at radius 3 is 2.39 bits per heavy atom. The zero-order valence-corrected chi connectivity index (χ0v) is 9.28. The number of nitrogens with one attached hydrogen (secondary N) is 1. The predicted molar refractivity (Wildman–Crippen MR) is 56.4 cm³/mol. The summed E-state index contributed by atoms with van der Waals surface area (Å²) in [5.41, 5.74) is 0. The van der Waals surface area contributed by atoms with Crippen molar-refractivity contribution in [2.75, 3.05) is 13.1 Å². The highest BCUT2D eigenvalue weighted by Gasteiger charge is 2.33. The zero-order valence-electron chi connectivity index (χ0n) is 9.28. The molecule has 0 radical (unpaired) electrons. The van der Waals surface area contributed by atoms with Crippen molar-refractivity contribution in [1.82, 2.24) is 5.32 Å². The molecule has 1 saturated heterocycles. The summed E-state index contributed by atoms with van der Waals surface area (Å²) in [4.78, 5) is 0. The van der Waals surface area contributed by atoms with Gasteiger partial charge < -0.3 is 19.9 Å². The predicted octanol–water partition coefficient (Wildman–Crippen LogP) is 1.30. The molecule has 1 aromatic rings. The van der Waals surface area contributed by atoms with Crippen molar-refractivity contribution in [3.05, 3.63) is 24.3 Å². The topological polar surface area (TPSA) is 50.7 Å². The fourth-order valence-corrected chi connectivity index (χ4v) is 1.68. The fourth-order valence-electron chi connectivity index (χ4n) is 1.68. The molecule has 100 valence electrons. The average molecular weight is 263 g/mol. The number of ether oxygens (including phenoxy) is 2. The second kappa shape index (κ2) is 5.03. The van der Waals surface area contributed by atoms with Crippen molar-refractivity contribution in [2.45, 2.75) is 18.6 Å². The molecule has 2 N–H and O–H groups in total. The molecule has 0 spiro atoms. The lowest BCUT2D eigenvalue weighted by atomic mass is 10.2. The molecule has 2 rings (SSSR count). The number of rotatable bonds is 3. The van der Waals surface area contributed by atoms with Gasteiger partial charge in [-0.15, -0.1) is 13.2 Å². The summed E-state index contributed by atoms with van der Waals surface area (Å²) in [5, 5.41) is 12.4. The van der Waals surface area contributed by atoms with Gasteiger partial charge in [-0.1, -0.05) is 12.1 Å². The molecule has 1 fully saturated rings. The van der Waals surface area contributed by atoms with Crippen molar-refractivity contribution in [3.8, 4) is 11.5 Å². The van der Waals surface area contributed by atoms with Crippen molar-refractivity contribution >= 4 is 0 Å². The number of hydrogen-bond donors (Lipinski definition) is 2. The molecule has 1 heterocycles. The maximum absolute atomic E-state index is 12.2. The van der Waals surface area contributed by atoms with Crippen LogP contribution in [0.15, 0.2) is 24.3 Å². The Bertz CT molecular complexity index is 411. The average Bonchev–Trinajstić information content (AvgIpc) is 2.65. The molecule has 7 heteroatoms. The maximum atomic E-state index is 12.2. The molecule has 0 aliphatic carbocycles. The van der Waals surface area contributed by atoms with Gasteiger partial charge in [0.15, 0.2) is 11.5 Å². The lowest BCUT2D eigenvalue weighted by Crippen LogP contribution is -2.30. The van der Waals surface area contributed by atoms with Crippen LogP contribution in [0.5, 0.6) is 11.5 Å². The first-order valence-electron chi connectivity index (χ1n) is 5.36. The number of hydrogen-bond acceptors (Lipinski definition) is 4. The monoisotopic (exact) mass is 263 g/mol. The van der Waals surface area contributed by atoms with E-state index in [0.717, 1.165) is 6.07 Å². The third kappa shape index (κ3) is 3.27. The Kier molecular flexibility index (Phi) is 3.63. The lowest BCUT2D eigenvalue weighted by molar-refractivity contribution is -0.275. The summed E-state index contributed by atoms with van der Waals surface area (Å²) >= 11 is 0. The molecule has 0 saturated carbocycles. The number of para-hydroxylation sites is 2. The third-order valence-electron chi connectivity index (χ3n) is 2.48. The molecular weight excluding hydrogens is 251 g/mol. The summed E-state index contributed by atoms with van der Waals surface area (Å²) in [6.45, 7) is 0.731. The quantitative estimate of drug-likeness (QED) is 0.863. The van der Waals surface area contributed by atoms with E-state index in [1.807, 2.05) is 0 Å². The van der Waals surface area contributed by atoms with Crippen molar-refractivity contribution in [2.24, 2.45) is 0 Å². The van der Waals surface area contributed by atoms with Gasteiger partial charge in [-0.05, 0) is 12.1 Å². The summed E-state index contributed by atoms with van der Waals surface area (Å²) in [7, 11) is 0. The maximum Gasteiger partial charge on any atom is 0.573 e. The smallest absolute Gasteiger partial charge is 0.482 e. The second-order valence-corrected chi connectivity index (χ2v) is 3.88. The van der Waals surface area contributed by atoms with Crippen molar-refractivity contribution < 1.29 is 27.8 Å². The van der Waals surface area contributed by atoms with E-state index in [2.05, 4.69) is 10.1 Å². The Hall–Kier alpha value is -1.47. The van der Waals surface area contributed by atoms with Crippen LogP contribution < -0.4 is 14.8 Å². The fraction of sp³-hybridized carbons (Fsp3) is 0.455. The van der Waals surface area contributed by atoms with Gasteiger partial charge in [-0.3, -0.25) is 0 Å². The molecule has 1 aromatic carbocycles. The van der Waals surface area contributed by atoms with Gasteiger partial charge in [0.1, 0.15) is 12.2 Å². The minimum absolute atomic E-state index is 0.0393. The molecule has 1 aliphatic rings. The number of β-amino-alcohol motifs (C(OH)–C–C–N with tert-alkyl or cyclic N) is 1. The molecule has 18 heavy (non-hydrogen) atoms. The van der Waals surface area contributed by atoms with Crippen LogP contribution in [0, 0.1) is 0 Å². The van der Waals surface area contributed by atoms with Crippen LogP contribution in [0.4, 0.5) is 13.2 Å². The van der Waals surface area contributed by atoms with E-state index in [0.29, 0.717) is 13.1 Å². The highest BCUT2D eigenvalue weighted by Crippen LogP contribution is 2.32. The van der Waals surface area contributed by atoms with Gasteiger partial charge >= 0.3 is 6.36 Å². The first-order valence-corrected chi connectivity index (χ1v) is 5.36. The van der Waals surface area contributed by atoms with Crippen molar-refractivity contribution in [3.63, 3.8) is 0 Å². The summed E-state index contributed by atoms with van der Waals surface area (Å²) in [6.07, 6.45) is -6.10. The number of halogens is 3. The second-order valence-electron chi connectivity index (χ2n) is 3.88. The van der Waals surface area contributed by atoms with Crippen LogP contribution in [-0.2, 0) is 0 Å². The SMILES string of the molecule is OC1CNCC1Oc1ccccc1OC(F)(F)F. The van der Waals surface area contributed by atoms with Crippen LogP contribution in [0.1, 0.15) is 0 Å². The van der Waals surface area contributed by atoms with Crippen molar-refractivity contribution in [1.29, 1.82) is 0 Å². The molecular formula is C11H12F3NO3. The van der Waals surface area contributed by atoms with E-state index in [-0.39, 0.29) is 5.75 Å². The Morgan fingerprint density at radius 1 is 1.17 bits per heavy atom. The molecule has 0 amide bonds. The van der Waals surface area contributed by atoms with Gasteiger partial charge in [-0.2, -0.15) is 0 Å². The van der Waals surface area contributed by atoms with E-state index >= 15 is 0 Å². The van der Waals surface area contributed by atoms with Crippen LogP contribution in [-0.4, -0.2) is 36.8 Å². The van der Waals surface area contributed by atoms with E-state index < -0.39 is 24.3 Å². The largest absolute Gasteiger partial charge is 0.573 e. The van der Waals surface area contributed by atoms with Gasteiger partial charge in [-0.25, -0.2) is 0 Å². The van der Waals surface area contributed by atoms with Crippen LogP contribution in [0.2, 0.25) is 0 Å². The van der Waals surface area contributed by atoms with Crippen LogP contribution in [0.3, 0.4) is 0 Å². The van der Waals surface area contributed by atoms with Gasteiger partial charge in [0, 0.05) is 13.1 Å². The number of aliphatic hydroxyl groups is 1. The minimum atomic E-state index is -4.77. The Balaban J connectivity index is 2.12. The normalized spacial score (nSPS) is 24.0. The summed E-state index contributed by atoms with van der Waals surface area (Å²) in [5.74, 6) is -0.452. The minimum Gasteiger partial charge on any atom is -0.482 e. The standard InChI is InChI=1S/C11H12F3NO3/c12-11(13,14)18-9-4-2-1-3-8(9)17-10-6-15-5-7(10)16/h1-4,7,10,15-16H,5-6H2. The van der Waals surface area contributed by atoms with E-state index in [4.69, 9.17) is 4.74 Å². The van der Waals surface area contributed by atoms with E-state index in [9.17, 15) is 18.3 Å². The Labute approximate surface area is 101 Å². The molecule has 0 aromatic heterocycles. The lowest BCUT2D eigenvalue weighted by Gasteiger charge is -2.19. The molecule has 1 aliphatic heterocycles. The van der Waals surface area contributed by atoms with E-state index in [1.165, 1.54) is 18.2 Å². The first kappa shape index (κ1) is 13.0. The number of benzene rings is 1. The highest BCUT2D eigenvalue weighted by atomic mass is 19.4.